The van der Waals surface area contributed by atoms with E-state index in [1.165, 1.54) is 0 Å². The van der Waals surface area contributed by atoms with E-state index in [2.05, 4.69) is 20.1 Å². The third-order valence-electron chi connectivity index (χ3n) is 4.75. The SMILES string of the molecule is FC(F)(F)c1cnc(N2CCN(Cc3nnc(-c4ccccc4Cl)o3)CC2)c(Cl)c1. The van der Waals surface area contributed by atoms with Gasteiger partial charge >= 0.3 is 6.18 Å². The molecular weight excluding hydrogens is 442 g/mol. The van der Waals surface area contributed by atoms with Gasteiger partial charge in [-0.15, -0.1) is 10.2 Å². The van der Waals surface area contributed by atoms with Crippen molar-refractivity contribution in [3.8, 4) is 11.5 Å². The van der Waals surface area contributed by atoms with Crippen molar-refractivity contribution in [1.82, 2.24) is 20.1 Å². The van der Waals surface area contributed by atoms with Gasteiger partial charge in [0.15, 0.2) is 0 Å². The Labute approximate surface area is 180 Å². The summed E-state index contributed by atoms with van der Waals surface area (Å²) in [4.78, 5) is 7.90. The molecule has 0 spiro atoms. The summed E-state index contributed by atoms with van der Waals surface area (Å²) < 4.78 is 44.1. The van der Waals surface area contributed by atoms with Gasteiger partial charge in [0.05, 0.1) is 27.7 Å². The maximum absolute atomic E-state index is 12.8. The number of aromatic nitrogens is 3. The van der Waals surface area contributed by atoms with E-state index in [0.29, 0.717) is 60.9 Å². The highest BCUT2D eigenvalue weighted by molar-refractivity contribution is 6.33. The number of hydrogen-bond acceptors (Lipinski definition) is 6. The molecule has 30 heavy (non-hydrogen) atoms. The van der Waals surface area contributed by atoms with Gasteiger partial charge in [0.2, 0.25) is 11.8 Å². The van der Waals surface area contributed by atoms with Gasteiger partial charge in [-0.2, -0.15) is 13.2 Å². The van der Waals surface area contributed by atoms with Gasteiger partial charge in [0.1, 0.15) is 5.82 Å². The third kappa shape index (κ3) is 4.53. The lowest BCUT2D eigenvalue weighted by Crippen LogP contribution is -2.46. The highest BCUT2D eigenvalue weighted by Gasteiger charge is 2.32. The Kier molecular flexibility index (Phi) is 5.86. The lowest BCUT2D eigenvalue weighted by atomic mass is 10.2. The molecule has 0 radical (unpaired) electrons. The molecule has 1 saturated heterocycles. The average molecular weight is 458 g/mol. The van der Waals surface area contributed by atoms with Crippen molar-refractivity contribution >= 4 is 29.0 Å². The predicted molar refractivity (Wildman–Crippen MR) is 106 cm³/mol. The third-order valence-corrected chi connectivity index (χ3v) is 5.36. The van der Waals surface area contributed by atoms with E-state index in [0.717, 1.165) is 12.3 Å². The van der Waals surface area contributed by atoms with Crippen molar-refractivity contribution in [2.24, 2.45) is 0 Å². The van der Waals surface area contributed by atoms with Crippen molar-refractivity contribution in [2.75, 3.05) is 31.1 Å². The quantitative estimate of drug-likeness (QED) is 0.561. The van der Waals surface area contributed by atoms with Gasteiger partial charge in [-0.05, 0) is 18.2 Å². The van der Waals surface area contributed by atoms with Gasteiger partial charge < -0.3 is 9.32 Å². The number of piperazine rings is 1. The lowest BCUT2D eigenvalue weighted by Gasteiger charge is -2.35. The molecule has 1 aromatic carbocycles. The second kappa shape index (κ2) is 8.41. The maximum atomic E-state index is 12.8. The standard InChI is InChI=1S/C19H16Cl2F3N5O/c20-14-4-2-1-3-13(14)18-27-26-16(30-18)11-28-5-7-29(8-6-28)17-15(21)9-12(10-25-17)19(22,23)24/h1-4,9-10H,5-8,11H2. The van der Waals surface area contributed by atoms with E-state index in [1.54, 1.807) is 12.1 Å². The number of alkyl halides is 3. The zero-order valence-electron chi connectivity index (χ0n) is 15.5. The summed E-state index contributed by atoms with van der Waals surface area (Å²) in [6, 6.07) is 8.12. The molecule has 0 unspecified atom stereocenters. The molecule has 1 aliphatic rings. The first kappa shape index (κ1) is 20.9. The van der Waals surface area contributed by atoms with E-state index in [-0.39, 0.29) is 5.02 Å². The Bertz CT molecular complexity index is 1040. The molecule has 3 heterocycles. The molecule has 3 aromatic rings. The molecule has 0 N–H and O–H groups in total. The first-order valence-electron chi connectivity index (χ1n) is 9.08. The van der Waals surface area contributed by atoms with Crippen LogP contribution < -0.4 is 4.90 Å². The summed E-state index contributed by atoms with van der Waals surface area (Å²) in [6.45, 7) is 2.86. The molecule has 158 valence electrons. The number of hydrogen-bond donors (Lipinski definition) is 0. The van der Waals surface area contributed by atoms with Crippen molar-refractivity contribution in [2.45, 2.75) is 12.7 Å². The molecule has 0 saturated carbocycles. The molecule has 0 bridgehead atoms. The predicted octanol–water partition coefficient (Wildman–Crippen LogP) is 4.78. The first-order valence-corrected chi connectivity index (χ1v) is 9.84. The lowest BCUT2D eigenvalue weighted by molar-refractivity contribution is -0.137. The molecule has 6 nitrogen and oxygen atoms in total. The number of nitrogens with zero attached hydrogens (tertiary/aromatic N) is 5. The van der Waals surface area contributed by atoms with Crippen molar-refractivity contribution in [1.29, 1.82) is 0 Å². The molecular formula is C19H16Cl2F3N5O. The summed E-state index contributed by atoms with van der Waals surface area (Å²) >= 11 is 12.2. The van der Waals surface area contributed by atoms with Gasteiger partial charge in [-0.25, -0.2) is 4.98 Å². The minimum atomic E-state index is -4.47. The largest absolute Gasteiger partial charge is 0.419 e. The van der Waals surface area contributed by atoms with Gasteiger partial charge in [-0.3, -0.25) is 4.90 Å². The van der Waals surface area contributed by atoms with E-state index in [1.807, 2.05) is 17.0 Å². The number of anilines is 1. The molecule has 0 aliphatic carbocycles. The summed E-state index contributed by atoms with van der Waals surface area (Å²) in [7, 11) is 0. The van der Waals surface area contributed by atoms with Crippen LogP contribution in [0.25, 0.3) is 11.5 Å². The summed E-state index contributed by atoms with van der Waals surface area (Å²) in [5.74, 6) is 1.17. The summed E-state index contributed by atoms with van der Waals surface area (Å²) in [5, 5.41) is 8.65. The van der Waals surface area contributed by atoms with Crippen LogP contribution in [0.3, 0.4) is 0 Å². The molecule has 2 aromatic heterocycles. The van der Waals surface area contributed by atoms with E-state index < -0.39 is 11.7 Å². The highest BCUT2D eigenvalue weighted by atomic mass is 35.5. The van der Waals surface area contributed by atoms with E-state index in [4.69, 9.17) is 27.6 Å². The Balaban J connectivity index is 1.37. The summed E-state index contributed by atoms with van der Waals surface area (Å²) in [6.07, 6.45) is -3.66. The molecule has 1 aliphatic heterocycles. The van der Waals surface area contributed by atoms with Crippen LogP contribution in [0.5, 0.6) is 0 Å². The summed E-state index contributed by atoms with van der Waals surface area (Å²) in [5.41, 5.74) is -0.189. The zero-order chi connectivity index (χ0) is 21.3. The van der Waals surface area contributed by atoms with E-state index >= 15 is 0 Å². The highest BCUT2D eigenvalue weighted by Crippen LogP contribution is 2.34. The van der Waals surface area contributed by atoms with E-state index in [9.17, 15) is 13.2 Å². The first-order chi connectivity index (χ1) is 14.3. The van der Waals surface area contributed by atoms with Crippen LogP contribution in [0.2, 0.25) is 10.0 Å². The van der Waals surface area contributed by atoms with Gasteiger partial charge in [-0.1, -0.05) is 35.3 Å². The number of benzene rings is 1. The van der Waals surface area contributed by atoms with Crippen LogP contribution in [0.4, 0.5) is 19.0 Å². The smallest absolute Gasteiger partial charge is 0.417 e. The fourth-order valence-corrected chi connectivity index (χ4v) is 3.69. The monoisotopic (exact) mass is 457 g/mol. The minimum Gasteiger partial charge on any atom is -0.419 e. The van der Waals surface area contributed by atoms with Crippen LogP contribution in [0, 0.1) is 0 Å². The molecule has 1 fully saturated rings. The van der Waals surface area contributed by atoms with Crippen molar-refractivity contribution in [3.05, 3.63) is 58.0 Å². The topological polar surface area (TPSA) is 58.3 Å². The van der Waals surface area contributed by atoms with Gasteiger partial charge in [0, 0.05) is 32.4 Å². The Morgan fingerprint density at radius 1 is 1.00 bits per heavy atom. The number of rotatable bonds is 4. The maximum Gasteiger partial charge on any atom is 0.417 e. The number of halogens is 5. The van der Waals surface area contributed by atoms with Gasteiger partial charge in [0.25, 0.3) is 0 Å². The second-order valence-corrected chi connectivity index (χ2v) is 7.59. The van der Waals surface area contributed by atoms with Crippen LogP contribution in [-0.4, -0.2) is 46.3 Å². The second-order valence-electron chi connectivity index (χ2n) is 6.77. The van der Waals surface area contributed by atoms with Crippen LogP contribution in [0.1, 0.15) is 11.5 Å². The average Bonchev–Trinajstić information content (AvgIpc) is 3.16. The van der Waals surface area contributed by atoms with Crippen molar-refractivity contribution < 1.29 is 17.6 Å². The molecule has 0 atom stereocenters. The molecule has 11 heteroatoms. The van der Waals surface area contributed by atoms with Crippen LogP contribution >= 0.6 is 23.2 Å². The van der Waals surface area contributed by atoms with Crippen LogP contribution in [0.15, 0.2) is 40.9 Å². The Morgan fingerprint density at radius 2 is 1.73 bits per heavy atom. The van der Waals surface area contributed by atoms with Crippen LogP contribution in [-0.2, 0) is 12.7 Å². The molecule has 4 rings (SSSR count). The fourth-order valence-electron chi connectivity index (χ4n) is 3.19. The Morgan fingerprint density at radius 3 is 2.40 bits per heavy atom. The molecule has 0 amide bonds. The zero-order valence-corrected chi connectivity index (χ0v) is 17.0. The number of pyridine rings is 1. The van der Waals surface area contributed by atoms with Crippen molar-refractivity contribution in [3.63, 3.8) is 0 Å². The Hall–Kier alpha value is -2.36. The normalized spacial score (nSPS) is 15.6. The minimum absolute atomic E-state index is 0.0143. The fraction of sp³-hybridized carbons (Fsp3) is 0.316.